The third-order valence-corrected chi connectivity index (χ3v) is 3.76. The summed E-state index contributed by atoms with van der Waals surface area (Å²) in [7, 11) is 1.43. The van der Waals surface area contributed by atoms with Crippen molar-refractivity contribution in [2.45, 2.75) is 32.4 Å². The molecule has 114 valence electrons. The number of β-amino-alcohol motifs (C(OH)–C–C–N with tert-alkyl or cyclic N) is 1. The number of nitrogens with zero attached hydrogens (tertiary/aromatic N) is 3. The van der Waals surface area contributed by atoms with Crippen LogP contribution in [-0.4, -0.2) is 55.5 Å². The summed E-state index contributed by atoms with van der Waals surface area (Å²) in [5.41, 5.74) is 0.277. The van der Waals surface area contributed by atoms with Gasteiger partial charge >= 0.3 is 5.97 Å². The van der Waals surface area contributed by atoms with Crippen molar-refractivity contribution in [2.75, 3.05) is 6.54 Å². The van der Waals surface area contributed by atoms with E-state index in [1.807, 2.05) is 0 Å². The lowest BCUT2D eigenvalue weighted by atomic mass is 10.1. The fourth-order valence-corrected chi connectivity index (χ4v) is 2.52. The van der Waals surface area contributed by atoms with Gasteiger partial charge in [0.2, 0.25) is 0 Å². The second-order valence-corrected chi connectivity index (χ2v) is 5.22. The van der Waals surface area contributed by atoms with Gasteiger partial charge in [0.25, 0.3) is 11.5 Å². The van der Waals surface area contributed by atoms with Crippen molar-refractivity contribution in [1.29, 1.82) is 0 Å². The predicted octanol–water partition coefficient (Wildman–Crippen LogP) is -0.943. The number of likely N-dealkylation sites (tertiary alicyclic amines) is 1. The number of hydrogen-bond acceptors (Lipinski definition) is 5. The number of carboxylic acid groups (broad SMARTS) is 1. The summed E-state index contributed by atoms with van der Waals surface area (Å²) in [6, 6.07) is -1.12. The SMILES string of the molecule is Cc1nn(C)c(=O)c(C(=O)N2C[C@H](O)C[C@H]2C(=O)O)c1C. The summed E-state index contributed by atoms with van der Waals surface area (Å²) in [6.07, 6.45) is -0.938. The van der Waals surface area contributed by atoms with Crippen molar-refractivity contribution in [3.63, 3.8) is 0 Å². The first-order chi connectivity index (χ1) is 9.73. The van der Waals surface area contributed by atoms with Gasteiger partial charge in [-0.05, 0) is 19.4 Å². The first-order valence-corrected chi connectivity index (χ1v) is 6.50. The van der Waals surface area contributed by atoms with Crippen LogP contribution in [0.15, 0.2) is 4.79 Å². The van der Waals surface area contributed by atoms with Gasteiger partial charge in [-0.2, -0.15) is 5.10 Å². The predicted molar refractivity (Wildman–Crippen MR) is 72.0 cm³/mol. The van der Waals surface area contributed by atoms with Gasteiger partial charge < -0.3 is 15.1 Å². The zero-order valence-corrected chi connectivity index (χ0v) is 12.0. The highest BCUT2D eigenvalue weighted by Crippen LogP contribution is 2.21. The summed E-state index contributed by atoms with van der Waals surface area (Å²) in [5.74, 6) is -1.87. The number of carbonyl (C=O) groups is 2. The third-order valence-electron chi connectivity index (χ3n) is 3.76. The molecule has 1 fully saturated rings. The number of aryl methyl sites for hydroxylation is 2. The van der Waals surface area contributed by atoms with Crippen LogP contribution in [0, 0.1) is 13.8 Å². The summed E-state index contributed by atoms with van der Waals surface area (Å²) in [6.45, 7) is 3.16. The molecule has 0 aliphatic carbocycles. The van der Waals surface area contributed by atoms with E-state index < -0.39 is 29.6 Å². The molecule has 1 amide bonds. The molecule has 0 radical (unpaired) electrons. The quantitative estimate of drug-likeness (QED) is 0.728. The number of hydrogen-bond donors (Lipinski definition) is 2. The van der Waals surface area contributed by atoms with Gasteiger partial charge in [0, 0.05) is 20.0 Å². The van der Waals surface area contributed by atoms with Gasteiger partial charge in [0.05, 0.1) is 11.8 Å². The number of aromatic nitrogens is 2. The normalized spacial score (nSPS) is 21.6. The number of carbonyl (C=O) groups excluding carboxylic acids is 1. The zero-order chi connectivity index (χ0) is 15.9. The lowest BCUT2D eigenvalue weighted by Gasteiger charge is -2.22. The minimum absolute atomic E-state index is 0.0372. The molecular formula is C13H17N3O5. The molecule has 2 N–H and O–H groups in total. The molecule has 2 atom stereocenters. The van der Waals surface area contributed by atoms with Crippen molar-refractivity contribution in [3.8, 4) is 0 Å². The van der Waals surface area contributed by atoms with E-state index in [2.05, 4.69) is 5.10 Å². The maximum atomic E-state index is 12.6. The molecule has 0 bridgehead atoms. The topological polar surface area (TPSA) is 113 Å². The second-order valence-electron chi connectivity index (χ2n) is 5.22. The number of aliphatic hydroxyl groups is 1. The number of amides is 1. The van der Waals surface area contributed by atoms with Crippen LogP contribution >= 0.6 is 0 Å². The fourth-order valence-electron chi connectivity index (χ4n) is 2.52. The monoisotopic (exact) mass is 295 g/mol. The highest BCUT2D eigenvalue weighted by atomic mass is 16.4. The van der Waals surface area contributed by atoms with E-state index >= 15 is 0 Å². The average Bonchev–Trinajstić information content (AvgIpc) is 2.79. The van der Waals surface area contributed by atoms with Crippen LogP contribution in [0.2, 0.25) is 0 Å². The lowest BCUT2D eigenvalue weighted by Crippen LogP contribution is -2.44. The average molecular weight is 295 g/mol. The molecule has 0 unspecified atom stereocenters. The van der Waals surface area contributed by atoms with E-state index in [1.54, 1.807) is 13.8 Å². The van der Waals surface area contributed by atoms with Gasteiger partial charge in [-0.15, -0.1) is 0 Å². The van der Waals surface area contributed by atoms with Gasteiger partial charge in [-0.3, -0.25) is 9.59 Å². The van der Waals surface area contributed by atoms with E-state index in [1.165, 1.54) is 7.05 Å². The van der Waals surface area contributed by atoms with Crippen LogP contribution in [0.25, 0.3) is 0 Å². The summed E-state index contributed by atoms with van der Waals surface area (Å²) < 4.78 is 1.05. The third kappa shape index (κ3) is 2.54. The molecule has 8 nitrogen and oxygen atoms in total. The Morgan fingerprint density at radius 1 is 1.33 bits per heavy atom. The molecule has 0 aromatic carbocycles. The summed E-state index contributed by atoms with van der Waals surface area (Å²) >= 11 is 0. The Labute approximate surface area is 120 Å². The van der Waals surface area contributed by atoms with E-state index in [4.69, 9.17) is 5.11 Å². The molecule has 21 heavy (non-hydrogen) atoms. The second kappa shape index (κ2) is 5.28. The highest BCUT2D eigenvalue weighted by molar-refractivity contribution is 5.98. The van der Waals surface area contributed by atoms with E-state index in [9.17, 15) is 19.5 Å². The lowest BCUT2D eigenvalue weighted by molar-refractivity contribution is -0.141. The number of carboxylic acids is 1. The molecule has 1 aromatic heterocycles. The van der Waals surface area contributed by atoms with Crippen LogP contribution in [0.5, 0.6) is 0 Å². The van der Waals surface area contributed by atoms with Gasteiger partial charge in [0.1, 0.15) is 11.6 Å². The fraction of sp³-hybridized carbons (Fsp3) is 0.538. The standard InChI is InChI=1S/C13H17N3O5/c1-6-7(2)14-15(3)11(18)10(6)12(19)16-5-8(17)4-9(16)13(20)21/h8-9,17H,4-5H2,1-3H3,(H,20,21)/t8-,9+/m1/s1. The highest BCUT2D eigenvalue weighted by Gasteiger charge is 2.40. The Kier molecular flexibility index (Phi) is 3.82. The Hall–Kier alpha value is -2.22. The van der Waals surface area contributed by atoms with Crippen LogP contribution < -0.4 is 5.56 Å². The first kappa shape index (κ1) is 15.2. The molecular weight excluding hydrogens is 278 g/mol. The Bertz CT molecular complexity index is 667. The molecule has 1 aliphatic heterocycles. The molecule has 2 heterocycles. The van der Waals surface area contributed by atoms with Crippen molar-refractivity contribution < 1.29 is 19.8 Å². The Morgan fingerprint density at radius 2 is 1.95 bits per heavy atom. The maximum absolute atomic E-state index is 12.6. The number of aliphatic hydroxyl groups excluding tert-OH is 1. The van der Waals surface area contributed by atoms with Gasteiger partial charge in [-0.25, -0.2) is 9.48 Å². The number of aliphatic carboxylic acids is 1. The van der Waals surface area contributed by atoms with Gasteiger partial charge in [0.15, 0.2) is 0 Å². The van der Waals surface area contributed by atoms with Gasteiger partial charge in [-0.1, -0.05) is 0 Å². The van der Waals surface area contributed by atoms with E-state index in [-0.39, 0.29) is 18.5 Å². The first-order valence-electron chi connectivity index (χ1n) is 6.50. The van der Waals surface area contributed by atoms with E-state index in [0.717, 1.165) is 9.58 Å². The van der Waals surface area contributed by atoms with Crippen molar-refractivity contribution in [2.24, 2.45) is 7.05 Å². The number of rotatable bonds is 2. The zero-order valence-electron chi connectivity index (χ0n) is 12.0. The minimum atomic E-state index is -1.19. The van der Waals surface area contributed by atoms with Crippen LogP contribution in [0.3, 0.4) is 0 Å². The summed E-state index contributed by atoms with van der Waals surface area (Å²) in [4.78, 5) is 36.9. The van der Waals surface area contributed by atoms with Crippen LogP contribution in [-0.2, 0) is 11.8 Å². The van der Waals surface area contributed by atoms with E-state index in [0.29, 0.717) is 11.3 Å². The van der Waals surface area contributed by atoms with Crippen LogP contribution in [0.4, 0.5) is 0 Å². The molecule has 1 aliphatic rings. The summed E-state index contributed by atoms with van der Waals surface area (Å²) in [5, 5.41) is 22.7. The van der Waals surface area contributed by atoms with Crippen LogP contribution in [0.1, 0.15) is 28.0 Å². The molecule has 8 heteroatoms. The minimum Gasteiger partial charge on any atom is -0.480 e. The smallest absolute Gasteiger partial charge is 0.326 e. The van der Waals surface area contributed by atoms with Crippen molar-refractivity contribution >= 4 is 11.9 Å². The molecule has 1 saturated heterocycles. The van der Waals surface area contributed by atoms with Crippen molar-refractivity contribution in [1.82, 2.24) is 14.7 Å². The molecule has 0 spiro atoms. The van der Waals surface area contributed by atoms with Crippen molar-refractivity contribution in [3.05, 3.63) is 27.2 Å². The Morgan fingerprint density at radius 3 is 2.52 bits per heavy atom. The molecule has 0 saturated carbocycles. The molecule has 2 rings (SSSR count). The maximum Gasteiger partial charge on any atom is 0.326 e. The largest absolute Gasteiger partial charge is 0.480 e. The Balaban J connectivity index is 2.50. The molecule has 1 aromatic rings.